The predicted molar refractivity (Wildman–Crippen MR) is 85.6 cm³/mol. The number of H-pyrrole nitrogens is 1. The summed E-state index contributed by atoms with van der Waals surface area (Å²) in [5, 5.41) is 1.78. The number of hydrogen-bond donors (Lipinski definition) is 2. The maximum absolute atomic E-state index is 12.2. The van der Waals surface area contributed by atoms with Gasteiger partial charge in [0.05, 0.1) is 0 Å². The lowest BCUT2D eigenvalue weighted by molar-refractivity contribution is 0.271. The summed E-state index contributed by atoms with van der Waals surface area (Å²) < 4.78 is 0. The van der Waals surface area contributed by atoms with E-state index in [9.17, 15) is 4.79 Å². The third-order valence-electron chi connectivity index (χ3n) is 5.17. The lowest BCUT2D eigenvalue weighted by atomic mass is 9.79. The lowest BCUT2D eigenvalue weighted by Crippen LogP contribution is -2.32. The van der Waals surface area contributed by atoms with Gasteiger partial charge in [0, 0.05) is 24.5 Å². The van der Waals surface area contributed by atoms with Gasteiger partial charge in [-0.3, -0.25) is 4.79 Å². The highest BCUT2D eigenvalue weighted by Gasteiger charge is 2.37. The van der Waals surface area contributed by atoms with Crippen LogP contribution in [0.4, 0.5) is 5.82 Å². The van der Waals surface area contributed by atoms with E-state index in [4.69, 9.17) is 5.73 Å². The molecule has 1 unspecified atom stereocenters. The topological polar surface area (TPSA) is 62.1 Å². The second kappa shape index (κ2) is 4.88. The number of pyridine rings is 1. The first-order valence-electron chi connectivity index (χ1n) is 7.83. The third-order valence-corrected chi connectivity index (χ3v) is 5.17. The standard InChI is InChI=1S/C17H21N3O/c18-14-6-5-12-9-20(10-13(12)7-14)16-8-11-3-1-2-4-15(11)17(21)19-16/h1-4,8,12-14H,5-7,9-10,18H2,(H,19,21)/t12-,13+,14?/m1/s1. The van der Waals surface area contributed by atoms with Crippen LogP contribution >= 0.6 is 0 Å². The molecule has 2 aliphatic rings. The third kappa shape index (κ3) is 2.23. The van der Waals surface area contributed by atoms with Crippen molar-refractivity contribution in [2.75, 3.05) is 18.0 Å². The van der Waals surface area contributed by atoms with E-state index in [1.807, 2.05) is 24.3 Å². The molecule has 1 saturated carbocycles. The second-order valence-corrected chi connectivity index (χ2v) is 6.57. The van der Waals surface area contributed by atoms with E-state index in [1.54, 1.807) is 0 Å². The molecule has 4 rings (SSSR count). The van der Waals surface area contributed by atoms with Crippen molar-refractivity contribution >= 4 is 16.6 Å². The van der Waals surface area contributed by atoms with E-state index in [1.165, 1.54) is 6.42 Å². The Morgan fingerprint density at radius 1 is 1.14 bits per heavy atom. The number of rotatable bonds is 1. The molecule has 21 heavy (non-hydrogen) atoms. The molecule has 1 aromatic heterocycles. The number of aromatic amines is 1. The molecule has 1 saturated heterocycles. The van der Waals surface area contributed by atoms with Crippen molar-refractivity contribution in [3.05, 3.63) is 40.7 Å². The molecule has 3 N–H and O–H groups in total. The summed E-state index contributed by atoms with van der Waals surface area (Å²) in [6.07, 6.45) is 3.49. The summed E-state index contributed by atoms with van der Waals surface area (Å²) in [6.45, 7) is 2.07. The zero-order chi connectivity index (χ0) is 14.4. The van der Waals surface area contributed by atoms with Crippen LogP contribution in [0.15, 0.2) is 35.1 Å². The van der Waals surface area contributed by atoms with Crippen LogP contribution in [0.25, 0.3) is 10.8 Å². The fourth-order valence-corrected chi connectivity index (χ4v) is 4.03. The Kier molecular flexibility index (Phi) is 3.00. The Morgan fingerprint density at radius 3 is 2.86 bits per heavy atom. The van der Waals surface area contributed by atoms with Crippen LogP contribution in [0.1, 0.15) is 19.3 Å². The van der Waals surface area contributed by atoms with Gasteiger partial charge in [-0.25, -0.2) is 0 Å². The molecule has 4 heteroatoms. The van der Waals surface area contributed by atoms with Gasteiger partial charge in [0.15, 0.2) is 0 Å². The fourth-order valence-electron chi connectivity index (χ4n) is 4.03. The molecule has 0 bridgehead atoms. The Hall–Kier alpha value is -1.81. The molecular formula is C17H21N3O. The van der Waals surface area contributed by atoms with Crippen molar-refractivity contribution in [2.45, 2.75) is 25.3 Å². The summed E-state index contributed by atoms with van der Waals surface area (Å²) in [5.74, 6) is 2.38. The van der Waals surface area contributed by atoms with Crippen LogP contribution in [0.2, 0.25) is 0 Å². The van der Waals surface area contributed by atoms with Gasteiger partial charge in [-0.15, -0.1) is 0 Å². The molecule has 1 aliphatic heterocycles. The molecule has 0 amide bonds. The minimum Gasteiger partial charge on any atom is -0.358 e. The average Bonchev–Trinajstić information content (AvgIpc) is 2.90. The van der Waals surface area contributed by atoms with E-state index in [0.29, 0.717) is 12.0 Å². The predicted octanol–water partition coefficient (Wildman–Crippen LogP) is 2.09. The normalized spacial score (nSPS) is 28.8. The van der Waals surface area contributed by atoms with Gasteiger partial charge in [-0.05, 0) is 48.6 Å². The first kappa shape index (κ1) is 12.9. The van der Waals surface area contributed by atoms with Crippen molar-refractivity contribution in [3.63, 3.8) is 0 Å². The second-order valence-electron chi connectivity index (χ2n) is 6.57. The molecule has 110 valence electrons. The Labute approximate surface area is 124 Å². The zero-order valence-electron chi connectivity index (χ0n) is 12.1. The lowest BCUT2D eigenvalue weighted by Gasteiger charge is -2.27. The number of benzene rings is 1. The number of nitrogens with one attached hydrogen (secondary N) is 1. The van der Waals surface area contributed by atoms with Crippen molar-refractivity contribution in [3.8, 4) is 0 Å². The summed E-state index contributed by atoms with van der Waals surface area (Å²) in [7, 11) is 0. The molecule has 2 fully saturated rings. The number of nitrogens with zero attached hydrogens (tertiary/aromatic N) is 1. The number of anilines is 1. The van der Waals surface area contributed by atoms with Gasteiger partial charge >= 0.3 is 0 Å². The van der Waals surface area contributed by atoms with E-state index < -0.39 is 0 Å². The summed E-state index contributed by atoms with van der Waals surface area (Å²) in [5.41, 5.74) is 6.11. The molecule has 4 nitrogen and oxygen atoms in total. The highest BCUT2D eigenvalue weighted by molar-refractivity contribution is 5.83. The molecular weight excluding hydrogens is 262 g/mol. The van der Waals surface area contributed by atoms with Crippen LogP contribution in [0.3, 0.4) is 0 Å². The Morgan fingerprint density at radius 2 is 1.95 bits per heavy atom. The van der Waals surface area contributed by atoms with E-state index in [-0.39, 0.29) is 5.56 Å². The molecule has 2 heterocycles. The summed E-state index contributed by atoms with van der Waals surface area (Å²) >= 11 is 0. The summed E-state index contributed by atoms with van der Waals surface area (Å²) in [6, 6.07) is 10.2. The largest absolute Gasteiger partial charge is 0.358 e. The maximum Gasteiger partial charge on any atom is 0.257 e. The average molecular weight is 283 g/mol. The monoisotopic (exact) mass is 283 g/mol. The minimum absolute atomic E-state index is 0.00896. The molecule has 1 aliphatic carbocycles. The van der Waals surface area contributed by atoms with E-state index in [0.717, 1.165) is 48.4 Å². The van der Waals surface area contributed by atoms with Crippen LogP contribution in [-0.2, 0) is 0 Å². The molecule has 3 atom stereocenters. The van der Waals surface area contributed by atoms with E-state index in [2.05, 4.69) is 16.0 Å². The Bertz CT molecular complexity index is 723. The molecule has 1 aromatic carbocycles. The minimum atomic E-state index is 0.00896. The fraction of sp³-hybridized carbons (Fsp3) is 0.471. The first-order chi connectivity index (χ1) is 10.2. The SMILES string of the molecule is NC1CC[C@@H]2CN(c3cc4ccccc4c(=O)[nH]3)C[C@@H]2C1. The van der Waals surface area contributed by atoms with Crippen LogP contribution in [0, 0.1) is 11.8 Å². The number of aromatic nitrogens is 1. The molecule has 2 aromatic rings. The van der Waals surface area contributed by atoms with E-state index >= 15 is 0 Å². The maximum atomic E-state index is 12.2. The van der Waals surface area contributed by atoms with Gasteiger partial charge in [-0.2, -0.15) is 0 Å². The number of hydrogen-bond acceptors (Lipinski definition) is 3. The van der Waals surface area contributed by atoms with Gasteiger partial charge < -0.3 is 15.6 Å². The Balaban J connectivity index is 1.67. The molecule has 0 spiro atoms. The quantitative estimate of drug-likeness (QED) is 0.842. The van der Waals surface area contributed by atoms with Crippen LogP contribution < -0.4 is 16.2 Å². The highest BCUT2D eigenvalue weighted by atomic mass is 16.1. The zero-order valence-corrected chi connectivity index (χ0v) is 12.1. The molecule has 0 radical (unpaired) electrons. The first-order valence-corrected chi connectivity index (χ1v) is 7.83. The number of fused-ring (bicyclic) bond motifs is 2. The van der Waals surface area contributed by atoms with Gasteiger partial charge in [0.2, 0.25) is 0 Å². The highest BCUT2D eigenvalue weighted by Crippen LogP contribution is 2.37. The van der Waals surface area contributed by atoms with Gasteiger partial charge in [0.1, 0.15) is 5.82 Å². The smallest absolute Gasteiger partial charge is 0.257 e. The number of nitrogens with two attached hydrogens (primary N) is 1. The van der Waals surface area contributed by atoms with Crippen LogP contribution in [-0.4, -0.2) is 24.1 Å². The van der Waals surface area contributed by atoms with Crippen molar-refractivity contribution in [1.82, 2.24) is 4.98 Å². The van der Waals surface area contributed by atoms with Gasteiger partial charge in [-0.1, -0.05) is 18.2 Å². The van der Waals surface area contributed by atoms with Crippen molar-refractivity contribution < 1.29 is 0 Å². The summed E-state index contributed by atoms with van der Waals surface area (Å²) in [4.78, 5) is 17.6. The van der Waals surface area contributed by atoms with Crippen LogP contribution in [0.5, 0.6) is 0 Å². The van der Waals surface area contributed by atoms with Crippen molar-refractivity contribution in [2.24, 2.45) is 17.6 Å². The van der Waals surface area contributed by atoms with Crippen molar-refractivity contribution in [1.29, 1.82) is 0 Å². The van der Waals surface area contributed by atoms with Gasteiger partial charge in [0.25, 0.3) is 5.56 Å².